The summed E-state index contributed by atoms with van der Waals surface area (Å²) < 4.78 is 27.4. The molecule has 0 N–H and O–H groups in total. The number of nitriles is 1. The first-order valence-electron chi connectivity index (χ1n) is 6.56. The third kappa shape index (κ3) is 3.55. The number of hydrogen-bond acceptors (Lipinski definition) is 3. The molecule has 0 aliphatic rings. The Kier molecular flexibility index (Phi) is 5.01. The van der Waals surface area contributed by atoms with Crippen LogP contribution in [-0.2, 0) is 16.6 Å². The number of halogens is 1. The monoisotopic (exact) mass is 378 g/mol. The lowest BCUT2D eigenvalue weighted by molar-refractivity contribution is 0.466. The second kappa shape index (κ2) is 6.61. The normalized spacial score (nSPS) is 11.4. The molecule has 0 heterocycles. The predicted octanol–water partition coefficient (Wildman–Crippen LogP) is 3.45. The average Bonchev–Trinajstić information content (AvgIpc) is 2.50. The third-order valence-corrected chi connectivity index (χ3v) is 5.99. The minimum Gasteiger partial charge on any atom is -0.207 e. The standard InChI is InChI=1S/C16H15BrN2O2S/c1-12-8-15(6-7-16(12)17)22(20,21)19(2)11-14-5-3-4-13(9-14)10-18/h3-9H,11H2,1-2H3. The van der Waals surface area contributed by atoms with E-state index in [1.54, 1.807) is 42.5 Å². The molecule has 0 aromatic heterocycles. The van der Waals surface area contributed by atoms with E-state index in [-0.39, 0.29) is 11.4 Å². The molecule has 0 atom stereocenters. The van der Waals surface area contributed by atoms with Crippen LogP contribution in [0.15, 0.2) is 51.8 Å². The first-order valence-corrected chi connectivity index (χ1v) is 8.79. The van der Waals surface area contributed by atoms with Gasteiger partial charge in [-0.25, -0.2) is 8.42 Å². The molecule has 0 fully saturated rings. The van der Waals surface area contributed by atoms with Crippen molar-refractivity contribution in [3.8, 4) is 6.07 Å². The Morgan fingerprint density at radius 3 is 2.59 bits per heavy atom. The van der Waals surface area contributed by atoms with Crippen molar-refractivity contribution in [2.75, 3.05) is 7.05 Å². The molecule has 0 saturated heterocycles. The van der Waals surface area contributed by atoms with Gasteiger partial charge in [-0.1, -0.05) is 28.1 Å². The van der Waals surface area contributed by atoms with Gasteiger partial charge in [0.15, 0.2) is 0 Å². The molecule has 2 rings (SSSR count). The highest BCUT2D eigenvalue weighted by Gasteiger charge is 2.21. The number of nitrogens with zero attached hydrogens (tertiary/aromatic N) is 2. The van der Waals surface area contributed by atoms with E-state index in [2.05, 4.69) is 22.0 Å². The molecule has 0 unspecified atom stereocenters. The molecular formula is C16H15BrN2O2S. The SMILES string of the molecule is Cc1cc(S(=O)(=O)N(C)Cc2cccc(C#N)c2)ccc1Br. The van der Waals surface area contributed by atoms with Crippen LogP contribution in [0.5, 0.6) is 0 Å². The fourth-order valence-corrected chi connectivity index (χ4v) is 3.53. The summed E-state index contributed by atoms with van der Waals surface area (Å²) in [5.74, 6) is 0. The second-order valence-electron chi connectivity index (χ2n) is 4.98. The van der Waals surface area contributed by atoms with Crippen molar-refractivity contribution >= 4 is 26.0 Å². The molecule has 0 spiro atoms. The molecule has 0 aliphatic heterocycles. The summed E-state index contributed by atoms with van der Waals surface area (Å²) in [6.07, 6.45) is 0. The van der Waals surface area contributed by atoms with Gasteiger partial charge < -0.3 is 0 Å². The fraction of sp³-hybridized carbons (Fsp3) is 0.188. The van der Waals surface area contributed by atoms with Gasteiger partial charge in [-0.15, -0.1) is 0 Å². The van der Waals surface area contributed by atoms with Crippen molar-refractivity contribution < 1.29 is 8.42 Å². The lowest BCUT2D eigenvalue weighted by Crippen LogP contribution is -2.26. The zero-order valence-electron chi connectivity index (χ0n) is 12.2. The van der Waals surface area contributed by atoms with Gasteiger partial charge in [0.25, 0.3) is 0 Å². The highest BCUT2D eigenvalue weighted by atomic mass is 79.9. The first kappa shape index (κ1) is 16.7. The molecule has 2 aromatic carbocycles. The van der Waals surface area contributed by atoms with E-state index in [0.29, 0.717) is 5.56 Å². The maximum Gasteiger partial charge on any atom is 0.243 e. The van der Waals surface area contributed by atoms with Crippen molar-refractivity contribution in [3.05, 3.63) is 63.6 Å². The molecule has 0 radical (unpaired) electrons. The van der Waals surface area contributed by atoms with Crippen LogP contribution in [0.1, 0.15) is 16.7 Å². The molecule has 114 valence electrons. The number of hydrogen-bond donors (Lipinski definition) is 0. The maximum atomic E-state index is 12.6. The number of sulfonamides is 1. The average molecular weight is 379 g/mol. The Labute approximate surface area is 139 Å². The van der Waals surface area contributed by atoms with Gasteiger partial charge in [0.1, 0.15) is 0 Å². The van der Waals surface area contributed by atoms with E-state index in [4.69, 9.17) is 5.26 Å². The first-order chi connectivity index (χ1) is 10.3. The van der Waals surface area contributed by atoms with Crippen molar-refractivity contribution in [2.24, 2.45) is 0 Å². The Morgan fingerprint density at radius 2 is 1.95 bits per heavy atom. The Balaban J connectivity index is 2.28. The van der Waals surface area contributed by atoms with Crippen molar-refractivity contribution in [1.29, 1.82) is 5.26 Å². The Bertz CT molecular complexity index is 841. The van der Waals surface area contributed by atoms with E-state index in [1.165, 1.54) is 11.4 Å². The molecule has 4 nitrogen and oxygen atoms in total. The van der Waals surface area contributed by atoms with E-state index < -0.39 is 10.0 Å². The van der Waals surface area contributed by atoms with Crippen LogP contribution in [0.25, 0.3) is 0 Å². The summed E-state index contributed by atoms with van der Waals surface area (Å²) in [4.78, 5) is 0.257. The van der Waals surface area contributed by atoms with Crippen LogP contribution in [-0.4, -0.2) is 19.8 Å². The Morgan fingerprint density at radius 1 is 1.23 bits per heavy atom. The second-order valence-corrected chi connectivity index (χ2v) is 7.88. The molecule has 2 aromatic rings. The topological polar surface area (TPSA) is 61.2 Å². The highest BCUT2D eigenvalue weighted by molar-refractivity contribution is 9.10. The van der Waals surface area contributed by atoms with E-state index in [9.17, 15) is 8.42 Å². The zero-order chi connectivity index (χ0) is 16.3. The zero-order valence-corrected chi connectivity index (χ0v) is 14.6. The smallest absolute Gasteiger partial charge is 0.207 e. The Hall–Kier alpha value is -1.68. The lowest BCUT2D eigenvalue weighted by Gasteiger charge is -2.18. The van der Waals surface area contributed by atoms with Crippen molar-refractivity contribution in [1.82, 2.24) is 4.31 Å². The molecule has 0 aliphatic carbocycles. The molecular weight excluding hydrogens is 364 g/mol. The van der Waals surface area contributed by atoms with Gasteiger partial charge in [0.05, 0.1) is 16.5 Å². The molecule has 0 bridgehead atoms. The molecule has 22 heavy (non-hydrogen) atoms. The van der Waals surface area contributed by atoms with Crippen LogP contribution >= 0.6 is 15.9 Å². The molecule has 0 amide bonds. The van der Waals surface area contributed by atoms with Crippen molar-refractivity contribution in [3.63, 3.8) is 0 Å². The quantitative estimate of drug-likeness (QED) is 0.818. The molecule has 0 saturated carbocycles. The van der Waals surface area contributed by atoms with Crippen LogP contribution in [0.3, 0.4) is 0 Å². The fourth-order valence-electron chi connectivity index (χ4n) is 2.04. The van der Waals surface area contributed by atoms with Gasteiger partial charge in [-0.3, -0.25) is 0 Å². The van der Waals surface area contributed by atoms with E-state index in [1.807, 2.05) is 6.92 Å². The van der Waals surface area contributed by atoms with E-state index >= 15 is 0 Å². The highest BCUT2D eigenvalue weighted by Crippen LogP contribution is 2.23. The van der Waals surface area contributed by atoms with Gasteiger partial charge in [-0.05, 0) is 48.4 Å². The summed E-state index contributed by atoms with van der Waals surface area (Å²) in [5, 5.41) is 8.90. The number of benzene rings is 2. The van der Waals surface area contributed by atoms with Crippen LogP contribution < -0.4 is 0 Å². The summed E-state index contributed by atoms with van der Waals surface area (Å²) in [7, 11) is -2.03. The van der Waals surface area contributed by atoms with Crippen LogP contribution in [0, 0.1) is 18.3 Å². The predicted molar refractivity (Wildman–Crippen MR) is 88.7 cm³/mol. The van der Waals surface area contributed by atoms with E-state index in [0.717, 1.165) is 15.6 Å². The lowest BCUT2D eigenvalue weighted by atomic mass is 10.1. The minimum atomic E-state index is -3.57. The van der Waals surface area contributed by atoms with Crippen molar-refractivity contribution in [2.45, 2.75) is 18.4 Å². The maximum absolute atomic E-state index is 12.6. The summed E-state index contributed by atoms with van der Waals surface area (Å²) in [5.41, 5.74) is 2.16. The van der Waals surface area contributed by atoms with Gasteiger partial charge in [-0.2, -0.15) is 9.57 Å². The van der Waals surface area contributed by atoms with Crippen LogP contribution in [0.4, 0.5) is 0 Å². The summed E-state index contributed by atoms with van der Waals surface area (Å²) >= 11 is 3.36. The van der Waals surface area contributed by atoms with Gasteiger partial charge in [0, 0.05) is 18.1 Å². The third-order valence-electron chi connectivity index (χ3n) is 3.30. The minimum absolute atomic E-state index is 0.215. The van der Waals surface area contributed by atoms with Gasteiger partial charge >= 0.3 is 0 Å². The number of aryl methyl sites for hydroxylation is 1. The summed E-state index contributed by atoms with van der Waals surface area (Å²) in [6, 6.07) is 13.9. The number of rotatable bonds is 4. The largest absolute Gasteiger partial charge is 0.243 e. The molecule has 6 heteroatoms. The summed E-state index contributed by atoms with van der Waals surface area (Å²) in [6.45, 7) is 2.06. The van der Waals surface area contributed by atoms with Gasteiger partial charge in [0.2, 0.25) is 10.0 Å². The van der Waals surface area contributed by atoms with Crippen LogP contribution in [0.2, 0.25) is 0 Å².